The topological polar surface area (TPSA) is 147 Å². The minimum Gasteiger partial charge on any atom is -0.493 e. The zero-order valence-corrected chi connectivity index (χ0v) is 25.2. The molecule has 5 rings (SSSR count). The number of ether oxygens (including phenoxy) is 6. The van der Waals surface area contributed by atoms with E-state index in [2.05, 4.69) is 4.90 Å². The van der Waals surface area contributed by atoms with Crippen LogP contribution in [-0.4, -0.2) is 91.1 Å². The van der Waals surface area contributed by atoms with Crippen molar-refractivity contribution in [3.05, 3.63) is 35.1 Å². The molecule has 234 valence electrons. The third-order valence-electron chi connectivity index (χ3n) is 9.08. The van der Waals surface area contributed by atoms with Gasteiger partial charge in [-0.2, -0.15) is 0 Å². The number of piperidine rings is 1. The Hall–Kier alpha value is -3.64. The van der Waals surface area contributed by atoms with Crippen molar-refractivity contribution >= 4 is 23.9 Å². The fraction of sp³-hybridized carbons (Fsp3) is 0.613. The Bertz CT molecular complexity index is 1340. The zero-order chi connectivity index (χ0) is 31.1. The third-order valence-corrected chi connectivity index (χ3v) is 9.08. The van der Waals surface area contributed by atoms with Crippen LogP contribution in [0, 0.1) is 0 Å². The van der Waals surface area contributed by atoms with E-state index in [0.29, 0.717) is 37.3 Å². The molecule has 0 aromatic heterocycles. The van der Waals surface area contributed by atoms with Crippen LogP contribution in [0.5, 0.6) is 11.5 Å². The van der Waals surface area contributed by atoms with Crippen molar-refractivity contribution in [3.63, 3.8) is 0 Å². The van der Waals surface area contributed by atoms with Crippen molar-refractivity contribution in [2.75, 3.05) is 27.3 Å². The average Bonchev–Trinajstić information content (AvgIpc) is 3.31. The molecule has 0 amide bonds. The number of likely N-dealkylation sites (N-methyl/N-ethyl adjacent to an activating group) is 1. The van der Waals surface area contributed by atoms with Crippen molar-refractivity contribution in [2.24, 2.45) is 0 Å². The highest BCUT2D eigenvalue weighted by Crippen LogP contribution is 2.65. The second kappa shape index (κ2) is 11.8. The van der Waals surface area contributed by atoms with Crippen LogP contribution in [0.1, 0.15) is 64.0 Å². The van der Waals surface area contributed by atoms with Crippen LogP contribution in [-0.2, 0) is 50.0 Å². The van der Waals surface area contributed by atoms with Gasteiger partial charge in [0.15, 0.2) is 23.7 Å². The molecule has 0 unspecified atom stereocenters. The highest BCUT2D eigenvalue weighted by molar-refractivity contribution is 5.86. The predicted octanol–water partition coefficient (Wildman–Crippen LogP) is 2.11. The maximum Gasteiger partial charge on any atom is 0.348 e. The van der Waals surface area contributed by atoms with E-state index in [1.807, 2.05) is 26.1 Å². The summed E-state index contributed by atoms with van der Waals surface area (Å²) in [6, 6.07) is 3.66. The second-order valence-corrected chi connectivity index (χ2v) is 11.7. The first kappa shape index (κ1) is 30.8. The summed E-state index contributed by atoms with van der Waals surface area (Å²) in [5.74, 6) is -2.27. The summed E-state index contributed by atoms with van der Waals surface area (Å²) in [4.78, 5) is 52.2. The molecule has 12 heteroatoms. The number of nitrogens with zero attached hydrogens (tertiary/aromatic N) is 1. The predicted molar refractivity (Wildman–Crippen MR) is 149 cm³/mol. The number of carbonyl (C=O) groups is 4. The molecule has 1 N–H and O–H groups in total. The van der Waals surface area contributed by atoms with Crippen LogP contribution in [0.4, 0.5) is 0 Å². The van der Waals surface area contributed by atoms with Gasteiger partial charge in [0, 0.05) is 24.9 Å². The average molecular weight is 602 g/mol. The Labute approximate surface area is 250 Å². The molecule has 4 aliphatic rings. The second-order valence-electron chi connectivity index (χ2n) is 11.7. The molecule has 12 nitrogen and oxygen atoms in total. The minimum absolute atomic E-state index is 0.175. The molecule has 1 aromatic rings. The van der Waals surface area contributed by atoms with E-state index in [9.17, 15) is 24.3 Å². The fourth-order valence-electron chi connectivity index (χ4n) is 7.02. The van der Waals surface area contributed by atoms with Crippen molar-refractivity contribution in [2.45, 2.75) is 94.7 Å². The van der Waals surface area contributed by atoms with Crippen molar-refractivity contribution in [1.82, 2.24) is 4.90 Å². The molecular weight excluding hydrogens is 562 g/mol. The van der Waals surface area contributed by atoms with Crippen LogP contribution in [0.3, 0.4) is 0 Å². The number of rotatable bonds is 11. The lowest BCUT2D eigenvalue weighted by Crippen LogP contribution is -2.74. The fourth-order valence-corrected chi connectivity index (χ4v) is 7.02. The van der Waals surface area contributed by atoms with E-state index >= 15 is 0 Å². The van der Waals surface area contributed by atoms with Crippen LogP contribution in [0.25, 0.3) is 0 Å². The first-order valence-corrected chi connectivity index (χ1v) is 14.7. The van der Waals surface area contributed by atoms with Gasteiger partial charge < -0.3 is 38.4 Å². The number of unbranched alkanes of at least 4 members (excludes halogenated alkanes) is 1. The Kier molecular flexibility index (Phi) is 8.45. The molecule has 6 atom stereocenters. The van der Waals surface area contributed by atoms with Gasteiger partial charge in [0.05, 0.1) is 31.2 Å². The molecule has 0 saturated carbocycles. The number of hydrogen-bond donors (Lipinski definition) is 1. The zero-order valence-electron chi connectivity index (χ0n) is 25.2. The third kappa shape index (κ3) is 5.14. The highest BCUT2D eigenvalue weighted by atomic mass is 16.6. The number of likely N-dealkylation sites (tertiary alicyclic amines) is 1. The van der Waals surface area contributed by atoms with Gasteiger partial charge in [-0.15, -0.1) is 0 Å². The maximum absolute atomic E-state index is 13.2. The number of hydrogen-bond acceptors (Lipinski definition) is 12. The van der Waals surface area contributed by atoms with Crippen LogP contribution < -0.4 is 9.47 Å². The summed E-state index contributed by atoms with van der Waals surface area (Å²) in [5, 5.41) is 12.3. The van der Waals surface area contributed by atoms with Gasteiger partial charge in [0.1, 0.15) is 5.76 Å². The Morgan fingerprint density at radius 2 is 1.95 bits per heavy atom. The van der Waals surface area contributed by atoms with Crippen LogP contribution in [0.2, 0.25) is 0 Å². The molecule has 0 radical (unpaired) electrons. The lowest BCUT2D eigenvalue weighted by atomic mass is 9.50. The smallest absolute Gasteiger partial charge is 0.348 e. The van der Waals surface area contributed by atoms with Gasteiger partial charge in [-0.1, -0.05) is 19.4 Å². The van der Waals surface area contributed by atoms with Gasteiger partial charge in [0.2, 0.25) is 6.10 Å². The van der Waals surface area contributed by atoms with Crippen molar-refractivity contribution in [3.8, 4) is 11.5 Å². The van der Waals surface area contributed by atoms with Gasteiger partial charge in [0.25, 0.3) is 0 Å². The number of esters is 4. The van der Waals surface area contributed by atoms with Gasteiger partial charge in [-0.3, -0.25) is 9.59 Å². The molecule has 2 aliphatic carbocycles. The number of carbonyl (C=O) groups excluding carboxylic acids is 4. The summed E-state index contributed by atoms with van der Waals surface area (Å²) in [6.07, 6.45) is 0.133. The standard InChI is InChI=1S/C31H39NO11/c1-6-7-14-39-28(35)17(2)40-29(36)22(41-18(3)33)16-24(34)42-21-10-11-31(37)23-15-19-8-9-20(38-5)26-25(19)30(31,27(21)43-26)12-13-32(23)4/h8-10,17,22-23,27,37H,6-7,11-16H2,1-5H3/t17-,22-,23+,27-,30-,31+/m0/s1. The molecular formula is C31H39NO11. The van der Waals surface area contributed by atoms with Crippen LogP contribution >= 0.6 is 0 Å². The molecule has 1 aromatic carbocycles. The quantitative estimate of drug-likeness (QED) is 0.225. The Morgan fingerprint density at radius 1 is 1.19 bits per heavy atom. The molecule has 1 saturated heterocycles. The summed E-state index contributed by atoms with van der Waals surface area (Å²) < 4.78 is 33.2. The summed E-state index contributed by atoms with van der Waals surface area (Å²) in [7, 11) is 3.54. The SMILES string of the molecule is CCCCOC(=O)[C@H](C)OC(=O)[C@H](CC(=O)OC1=CC[C@@]2(O)[C@H]3Cc4ccc(OC)c5c4[C@@]2(CCN3C)[C@H]1O5)OC(C)=O. The largest absolute Gasteiger partial charge is 0.493 e. The lowest BCUT2D eigenvalue weighted by molar-refractivity contribution is -0.180. The van der Waals surface area contributed by atoms with E-state index in [1.54, 1.807) is 13.2 Å². The van der Waals surface area contributed by atoms with Crippen LogP contribution in [0.15, 0.2) is 24.0 Å². The van der Waals surface area contributed by atoms with Gasteiger partial charge in [-0.05, 0) is 57.5 Å². The van der Waals surface area contributed by atoms with E-state index in [4.69, 9.17) is 28.4 Å². The monoisotopic (exact) mass is 601 g/mol. The Balaban J connectivity index is 1.36. The molecule has 43 heavy (non-hydrogen) atoms. The summed E-state index contributed by atoms with van der Waals surface area (Å²) in [5.41, 5.74) is -0.135. The van der Waals surface area contributed by atoms with E-state index in [0.717, 1.165) is 24.5 Å². The molecule has 2 bridgehead atoms. The van der Waals surface area contributed by atoms with E-state index < -0.39 is 59.6 Å². The molecule has 1 spiro atoms. The molecule has 1 fully saturated rings. The van der Waals surface area contributed by atoms with Crippen molar-refractivity contribution in [1.29, 1.82) is 0 Å². The Morgan fingerprint density at radius 3 is 2.65 bits per heavy atom. The maximum atomic E-state index is 13.2. The normalized spacial score (nSPS) is 27.9. The first-order chi connectivity index (χ1) is 20.5. The molecule has 2 aliphatic heterocycles. The molecule has 2 heterocycles. The number of aliphatic hydroxyl groups is 1. The summed E-state index contributed by atoms with van der Waals surface area (Å²) in [6.45, 7) is 5.24. The van der Waals surface area contributed by atoms with E-state index in [-0.39, 0.29) is 24.8 Å². The van der Waals surface area contributed by atoms with Gasteiger partial charge in [-0.25, -0.2) is 9.59 Å². The lowest BCUT2D eigenvalue weighted by Gasteiger charge is -2.61. The highest BCUT2D eigenvalue weighted by Gasteiger charge is 2.72. The summed E-state index contributed by atoms with van der Waals surface area (Å²) >= 11 is 0. The van der Waals surface area contributed by atoms with Crippen molar-refractivity contribution < 1.29 is 52.7 Å². The minimum atomic E-state index is -1.65. The number of methoxy groups -OCH3 is 1. The van der Waals surface area contributed by atoms with Gasteiger partial charge >= 0.3 is 23.9 Å². The van der Waals surface area contributed by atoms with E-state index in [1.165, 1.54) is 6.92 Å². The first-order valence-electron chi connectivity index (χ1n) is 14.7. The number of benzene rings is 1.